The number of aromatic nitrogens is 1. The summed E-state index contributed by atoms with van der Waals surface area (Å²) in [7, 11) is 1.87. The van der Waals surface area contributed by atoms with Gasteiger partial charge in [-0.15, -0.1) is 0 Å². The molecule has 1 amide bonds. The smallest absolute Gasteiger partial charge is 0.257 e. The number of hydrogen-bond acceptors (Lipinski definition) is 3. The first-order valence-electron chi connectivity index (χ1n) is 6.76. The molecule has 0 aliphatic heterocycles. The Kier molecular flexibility index (Phi) is 4.80. The molecule has 0 unspecified atom stereocenters. The maximum absolute atomic E-state index is 12.5. The number of rotatable bonds is 6. The van der Waals surface area contributed by atoms with E-state index in [1.54, 1.807) is 11.1 Å². The Balaban J connectivity index is 2.14. The number of carbonyl (C=O) groups is 1. The van der Waals surface area contributed by atoms with Gasteiger partial charge in [0.1, 0.15) is 5.82 Å². The molecule has 2 rings (SSSR count). The van der Waals surface area contributed by atoms with Gasteiger partial charge in [0.2, 0.25) is 0 Å². The molecule has 5 heteroatoms. The van der Waals surface area contributed by atoms with Crippen molar-refractivity contribution in [1.29, 1.82) is 0 Å². The number of amides is 1. The zero-order valence-electron chi connectivity index (χ0n) is 11.4. The van der Waals surface area contributed by atoms with E-state index >= 15 is 0 Å². The largest absolute Gasteiger partial charge is 0.369 e. The second kappa shape index (κ2) is 6.37. The third kappa shape index (κ3) is 3.93. The van der Waals surface area contributed by atoms with E-state index in [1.807, 2.05) is 13.1 Å². The van der Waals surface area contributed by atoms with Gasteiger partial charge in [-0.2, -0.15) is 0 Å². The van der Waals surface area contributed by atoms with Crippen molar-refractivity contribution in [3.8, 4) is 0 Å². The maximum Gasteiger partial charge on any atom is 0.257 e. The molecule has 0 bridgehead atoms. The Bertz CT molecular complexity index is 460. The molecule has 1 aromatic heterocycles. The van der Waals surface area contributed by atoms with Crippen molar-refractivity contribution in [1.82, 2.24) is 9.88 Å². The fraction of sp³-hybridized carbons (Fsp3) is 0.571. The van der Waals surface area contributed by atoms with E-state index < -0.39 is 0 Å². The molecule has 1 aromatic rings. The van der Waals surface area contributed by atoms with Gasteiger partial charge in [0.25, 0.3) is 5.91 Å². The van der Waals surface area contributed by atoms with E-state index in [-0.39, 0.29) is 5.91 Å². The van der Waals surface area contributed by atoms with Gasteiger partial charge in [-0.3, -0.25) is 4.79 Å². The monoisotopic (exact) mass is 325 g/mol. The van der Waals surface area contributed by atoms with E-state index in [1.165, 1.54) is 12.8 Å². The molecule has 1 N–H and O–H groups in total. The fourth-order valence-electron chi connectivity index (χ4n) is 1.96. The minimum Gasteiger partial charge on any atom is -0.369 e. The first kappa shape index (κ1) is 14.3. The van der Waals surface area contributed by atoms with Gasteiger partial charge in [0.05, 0.1) is 5.56 Å². The van der Waals surface area contributed by atoms with Crippen molar-refractivity contribution >= 4 is 27.7 Å². The maximum atomic E-state index is 12.5. The van der Waals surface area contributed by atoms with Crippen LogP contribution in [0.25, 0.3) is 0 Å². The van der Waals surface area contributed by atoms with Crippen LogP contribution in [0, 0.1) is 5.92 Å². The Labute approximate surface area is 122 Å². The van der Waals surface area contributed by atoms with Crippen molar-refractivity contribution < 1.29 is 4.79 Å². The molecule has 1 heterocycles. The van der Waals surface area contributed by atoms with Crippen LogP contribution in [0.5, 0.6) is 0 Å². The molecule has 1 fully saturated rings. The Morgan fingerprint density at radius 1 is 1.58 bits per heavy atom. The van der Waals surface area contributed by atoms with Gasteiger partial charge in [0, 0.05) is 30.8 Å². The highest BCUT2D eigenvalue weighted by atomic mass is 79.9. The summed E-state index contributed by atoms with van der Waals surface area (Å²) < 4.78 is 0.831. The molecule has 0 aromatic carbocycles. The Hall–Kier alpha value is -1.10. The van der Waals surface area contributed by atoms with Crippen LogP contribution < -0.4 is 5.32 Å². The van der Waals surface area contributed by atoms with Crippen molar-refractivity contribution in [3.05, 3.63) is 22.3 Å². The van der Waals surface area contributed by atoms with E-state index in [0.29, 0.717) is 17.3 Å². The number of carbonyl (C=O) groups excluding carboxylic acids is 1. The van der Waals surface area contributed by atoms with E-state index in [4.69, 9.17) is 0 Å². The van der Waals surface area contributed by atoms with Crippen LogP contribution in [-0.2, 0) is 0 Å². The van der Waals surface area contributed by atoms with Crippen LogP contribution in [0.1, 0.15) is 36.5 Å². The molecule has 1 saturated carbocycles. The predicted octanol–water partition coefficient (Wildman–Crippen LogP) is 3.15. The van der Waals surface area contributed by atoms with Crippen LogP contribution in [-0.4, -0.2) is 35.9 Å². The van der Waals surface area contributed by atoms with Crippen LogP contribution in [0.3, 0.4) is 0 Å². The highest BCUT2D eigenvalue weighted by Crippen LogP contribution is 2.30. The summed E-state index contributed by atoms with van der Waals surface area (Å²) in [5.74, 6) is 1.41. The summed E-state index contributed by atoms with van der Waals surface area (Å²) in [4.78, 5) is 18.6. The zero-order chi connectivity index (χ0) is 13.8. The summed E-state index contributed by atoms with van der Waals surface area (Å²) in [5, 5.41) is 3.22. The van der Waals surface area contributed by atoms with Gasteiger partial charge < -0.3 is 10.2 Å². The number of hydrogen-bond donors (Lipinski definition) is 1. The molecule has 0 spiro atoms. The van der Waals surface area contributed by atoms with Gasteiger partial charge in [-0.05, 0) is 47.2 Å². The van der Waals surface area contributed by atoms with Gasteiger partial charge >= 0.3 is 0 Å². The predicted molar refractivity (Wildman–Crippen MR) is 80.4 cm³/mol. The van der Waals surface area contributed by atoms with Crippen LogP contribution >= 0.6 is 15.9 Å². The highest BCUT2D eigenvalue weighted by molar-refractivity contribution is 9.10. The minimum atomic E-state index is 0.0410. The fourth-order valence-corrected chi connectivity index (χ4v) is 2.29. The molecule has 4 nitrogen and oxygen atoms in total. The highest BCUT2D eigenvalue weighted by Gasteiger charge is 2.26. The first-order chi connectivity index (χ1) is 9.11. The van der Waals surface area contributed by atoms with Gasteiger partial charge in [-0.25, -0.2) is 4.98 Å². The average Bonchev–Trinajstić information content (AvgIpc) is 3.20. The van der Waals surface area contributed by atoms with Crippen LogP contribution in [0.4, 0.5) is 5.82 Å². The van der Waals surface area contributed by atoms with Crippen molar-refractivity contribution in [2.45, 2.75) is 26.2 Å². The standard InChI is InChI=1S/C14H20BrN3O/c1-3-6-16-13-12(7-11(15)8-17-13)14(19)18(2)9-10-4-5-10/h7-8,10H,3-6,9H2,1-2H3,(H,16,17). The average molecular weight is 326 g/mol. The van der Waals surface area contributed by atoms with Gasteiger partial charge in [0.15, 0.2) is 0 Å². The first-order valence-corrected chi connectivity index (χ1v) is 7.56. The molecule has 1 aliphatic carbocycles. The summed E-state index contributed by atoms with van der Waals surface area (Å²) in [6.07, 6.45) is 5.21. The van der Waals surface area contributed by atoms with E-state index in [2.05, 4.69) is 33.2 Å². The Morgan fingerprint density at radius 3 is 2.95 bits per heavy atom. The van der Waals surface area contributed by atoms with Crippen LogP contribution in [0.2, 0.25) is 0 Å². The normalized spacial score (nSPS) is 14.3. The Morgan fingerprint density at radius 2 is 2.32 bits per heavy atom. The molecule has 19 heavy (non-hydrogen) atoms. The zero-order valence-corrected chi connectivity index (χ0v) is 13.0. The number of nitrogens with one attached hydrogen (secondary N) is 1. The number of halogens is 1. The molecule has 0 radical (unpaired) electrons. The lowest BCUT2D eigenvalue weighted by molar-refractivity contribution is 0.0789. The lowest BCUT2D eigenvalue weighted by atomic mass is 10.2. The SMILES string of the molecule is CCCNc1ncc(Br)cc1C(=O)N(C)CC1CC1. The second-order valence-corrected chi connectivity index (χ2v) is 6.02. The summed E-state index contributed by atoms with van der Waals surface area (Å²) in [5.41, 5.74) is 0.644. The molecule has 0 saturated heterocycles. The van der Waals surface area contributed by atoms with Crippen molar-refractivity contribution in [2.24, 2.45) is 5.92 Å². The molecule has 104 valence electrons. The summed E-state index contributed by atoms with van der Waals surface area (Å²) in [6, 6.07) is 1.84. The van der Waals surface area contributed by atoms with Crippen molar-refractivity contribution in [2.75, 3.05) is 25.5 Å². The second-order valence-electron chi connectivity index (χ2n) is 5.11. The molecular formula is C14H20BrN3O. The van der Waals surface area contributed by atoms with E-state index in [9.17, 15) is 4.79 Å². The molecule has 0 atom stereocenters. The number of pyridine rings is 1. The lowest BCUT2D eigenvalue weighted by Gasteiger charge is -2.19. The van der Waals surface area contributed by atoms with Crippen LogP contribution in [0.15, 0.2) is 16.7 Å². The summed E-state index contributed by atoms with van der Waals surface area (Å²) in [6.45, 7) is 3.76. The quantitative estimate of drug-likeness (QED) is 0.873. The van der Waals surface area contributed by atoms with E-state index in [0.717, 1.165) is 24.0 Å². The number of nitrogens with zero attached hydrogens (tertiary/aromatic N) is 2. The third-order valence-corrected chi connectivity index (χ3v) is 3.64. The topological polar surface area (TPSA) is 45.2 Å². The minimum absolute atomic E-state index is 0.0410. The summed E-state index contributed by atoms with van der Waals surface area (Å²) >= 11 is 3.38. The number of anilines is 1. The van der Waals surface area contributed by atoms with Gasteiger partial charge in [-0.1, -0.05) is 6.92 Å². The van der Waals surface area contributed by atoms with Crippen molar-refractivity contribution in [3.63, 3.8) is 0 Å². The lowest BCUT2D eigenvalue weighted by Crippen LogP contribution is -2.29. The molecular weight excluding hydrogens is 306 g/mol. The molecule has 1 aliphatic rings. The third-order valence-electron chi connectivity index (χ3n) is 3.20.